The van der Waals surface area contributed by atoms with Crippen LogP contribution in [0.15, 0.2) is 53.6 Å². The second-order valence-electron chi connectivity index (χ2n) is 7.14. The Labute approximate surface area is 165 Å². The first-order valence-electron chi connectivity index (χ1n) is 8.52. The van der Waals surface area contributed by atoms with E-state index in [1.807, 2.05) is 43.3 Å². The quantitative estimate of drug-likeness (QED) is 0.530. The lowest BCUT2D eigenvalue weighted by Crippen LogP contribution is -2.21. The molecule has 0 fully saturated rings. The summed E-state index contributed by atoms with van der Waals surface area (Å²) in [4.78, 5) is 12.0. The molecule has 0 bridgehead atoms. The van der Waals surface area contributed by atoms with Gasteiger partial charge in [0.25, 0.3) is 0 Å². The molecule has 0 aliphatic heterocycles. The Bertz CT molecular complexity index is 779. The van der Waals surface area contributed by atoms with E-state index < -0.39 is 0 Å². The highest BCUT2D eigenvalue weighted by molar-refractivity contribution is 7.99. The van der Waals surface area contributed by atoms with Crippen LogP contribution in [0.3, 0.4) is 0 Å². The minimum atomic E-state index is -0.118. The summed E-state index contributed by atoms with van der Waals surface area (Å²) in [6.45, 7) is 8.44. The summed E-state index contributed by atoms with van der Waals surface area (Å²) in [5.41, 5.74) is 6.84. The van der Waals surface area contributed by atoms with Gasteiger partial charge in [-0.05, 0) is 35.1 Å². The molecular weight excluding hydrogens is 364 g/mol. The molecule has 138 valence electrons. The first-order chi connectivity index (χ1) is 12.3. The summed E-state index contributed by atoms with van der Waals surface area (Å²) in [6, 6.07) is 16.0. The minimum Gasteiger partial charge on any atom is -0.272 e. The molecule has 0 aromatic heterocycles. The van der Waals surface area contributed by atoms with Gasteiger partial charge in [0, 0.05) is 10.8 Å². The van der Waals surface area contributed by atoms with E-state index in [-0.39, 0.29) is 11.3 Å². The SMILES string of the molecule is C/C(=N/NC(=O)CSCc1ccccc1Cl)c1ccc(C(C)(C)C)cc1. The molecule has 5 heteroatoms. The van der Waals surface area contributed by atoms with Crippen LogP contribution in [-0.2, 0) is 16.0 Å². The van der Waals surface area contributed by atoms with Crippen molar-refractivity contribution in [2.45, 2.75) is 38.9 Å². The molecule has 2 aromatic carbocycles. The van der Waals surface area contributed by atoms with E-state index in [9.17, 15) is 4.79 Å². The number of rotatable bonds is 6. The molecule has 1 N–H and O–H groups in total. The standard InChI is InChI=1S/C21H25ClN2OS/c1-15(16-9-11-18(12-10-16)21(2,3)4)23-24-20(25)14-26-13-17-7-5-6-8-19(17)22/h5-12H,13-14H2,1-4H3,(H,24,25)/b23-15-. The molecule has 0 saturated carbocycles. The number of carbonyl (C=O) groups is 1. The Morgan fingerprint density at radius 2 is 1.77 bits per heavy atom. The van der Waals surface area contributed by atoms with E-state index in [2.05, 4.69) is 43.4 Å². The number of hydrogen-bond acceptors (Lipinski definition) is 3. The molecule has 0 heterocycles. The van der Waals surface area contributed by atoms with Gasteiger partial charge in [-0.15, -0.1) is 11.8 Å². The Kier molecular flexibility index (Phi) is 7.30. The van der Waals surface area contributed by atoms with E-state index >= 15 is 0 Å². The normalized spacial score (nSPS) is 12.1. The molecule has 0 saturated heterocycles. The van der Waals surface area contributed by atoms with Gasteiger partial charge < -0.3 is 0 Å². The molecule has 1 amide bonds. The average Bonchev–Trinajstić information content (AvgIpc) is 2.60. The fourth-order valence-corrected chi connectivity index (χ4v) is 3.43. The molecule has 0 atom stereocenters. The van der Waals surface area contributed by atoms with E-state index in [4.69, 9.17) is 11.6 Å². The van der Waals surface area contributed by atoms with Gasteiger partial charge in [0.15, 0.2) is 0 Å². The molecule has 0 spiro atoms. The Hall–Kier alpha value is -1.78. The van der Waals surface area contributed by atoms with Crippen molar-refractivity contribution in [1.82, 2.24) is 5.43 Å². The minimum absolute atomic E-state index is 0.118. The fourth-order valence-electron chi connectivity index (χ4n) is 2.32. The number of hydrogen-bond donors (Lipinski definition) is 1. The first kappa shape index (κ1) is 20.5. The van der Waals surface area contributed by atoms with Crippen LogP contribution in [0.2, 0.25) is 5.02 Å². The predicted octanol–water partition coefficient (Wildman–Crippen LogP) is 5.41. The Morgan fingerprint density at radius 1 is 1.12 bits per heavy atom. The van der Waals surface area contributed by atoms with Crippen LogP contribution in [0.5, 0.6) is 0 Å². The number of halogens is 1. The van der Waals surface area contributed by atoms with Crippen molar-refractivity contribution in [3.8, 4) is 0 Å². The maximum atomic E-state index is 12.0. The number of nitrogens with zero attached hydrogens (tertiary/aromatic N) is 1. The second kappa shape index (κ2) is 9.24. The molecule has 0 aliphatic rings. The Balaban J connectivity index is 1.84. The van der Waals surface area contributed by atoms with Gasteiger partial charge in [-0.25, -0.2) is 5.43 Å². The highest BCUT2D eigenvalue weighted by Crippen LogP contribution is 2.22. The number of benzene rings is 2. The van der Waals surface area contributed by atoms with Crippen molar-refractivity contribution in [2.24, 2.45) is 5.10 Å². The molecule has 2 aromatic rings. The van der Waals surface area contributed by atoms with Gasteiger partial charge in [-0.1, -0.05) is 74.8 Å². The molecule has 26 heavy (non-hydrogen) atoms. The summed E-state index contributed by atoms with van der Waals surface area (Å²) < 4.78 is 0. The van der Waals surface area contributed by atoms with Crippen molar-refractivity contribution < 1.29 is 4.79 Å². The van der Waals surface area contributed by atoms with Gasteiger partial charge in [-0.3, -0.25) is 4.79 Å². The summed E-state index contributed by atoms with van der Waals surface area (Å²) >= 11 is 7.63. The molecule has 3 nitrogen and oxygen atoms in total. The third-order valence-electron chi connectivity index (χ3n) is 3.97. The number of nitrogens with one attached hydrogen (secondary N) is 1. The van der Waals surface area contributed by atoms with Gasteiger partial charge >= 0.3 is 0 Å². The van der Waals surface area contributed by atoms with Gasteiger partial charge in [0.2, 0.25) is 5.91 Å². The predicted molar refractivity (Wildman–Crippen MR) is 113 cm³/mol. The van der Waals surface area contributed by atoms with Crippen LogP contribution in [-0.4, -0.2) is 17.4 Å². The highest BCUT2D eigenvalue weighted by atomic mass is 35.5. The number of carbonyl (C=O) groups excluding carboxylic acids is 1. The van der Waals surface area contributed by atoms with Gasteiger partial charge in [0.1, 0.15) is 0 Å². The zero-order chi connectivity index (χ0) is 19.2. The number of hydrazone groups is 1. The van der Waals surface area contributed by atoms with E-state index in [0.717, 1.165) is 21.9 Å². The largest absolute Gasteiger partial charge is 0.272 e. The third kappa shape index (κ3) is 6.19. The van der Waals surface area contributed by atoms with Crippen molar-refractivity contribution >= 4 is 35.0 Å². The van der Waals surface area contributed by atoms with Crippen molar-refractivity contribution in [3.63, 3.8) is 0 Å². The van der Waals surface area contributed by atoms with Crippen molar-refractivity contribution in [1.29, 1.82) is 0 Å². The monoisotopic (exact) mass is 388 g/mol. The second-order valence-corrected chi connectivity index (χ2v) is 8.54. The molecule has 0 radical (unpaired) electrons. The third-order valence-corrected chi connectivity index (χ3v) is 5.32. The lowest BCUT2D eigenvalue weighted by molar-refractivity contribution is -0.118. The van der Waals surface area contributed by atoms with E-state index in [1.165, 1.54) is 17.3 Å². The molecule has 0 unspecified atom stereocenters. The zero-order valence-corrected chi connectivity index (χ0v) is 17.2. The maximum Gasteiger partial charge on any atom is 0.250 e. The summed E-state index contributed by atoms with van der Waals surface area (Å²) in [5.74, 6) is 0.919. The Morgan fingerprint density at radius 3 is 2.38 bits per heavy atom. The average molecular weight is 389 g/mol. The lowest BCUT2D eigenvalue weighted by Gasteiger charge is -2.19. The molecule has 0 aliphatic carbocycles. The summed E-state index contributed by atoms with van der Waals surface area (Å²) in [5, 5.41) is 4.94. The first-order valence-corrected chi connectivity index (χ1v) is 10.1. The molecular formula is C21H25ClN2OS. The van der Waals surface area contributed by atoms with Crippen LogP contribution in [0.25, 0.3) is 0 Å². The number of thioether (sulfide) groups is 1. The van der Waals surface area contributed by atoms with Crippen LogP contribution < -0.4 is 5.43 Å². The van der Waals surface area contributed by atoms with Gasteiger partial charge in [0.05, 0.1) is 11.5 Å². The van der Waals surface area contributed by atoms with Crippen LogP contribution in [0.1, 0.15) is 44.4 Å². The van der Waals surface area contributed by atoms with E-state index in [0.29, 0.717) is 11.5 Å². The van der Waals surface area contributed by atoms with E-state index in [1.54, 1.807) is 0 Å². The van der Waals surface area contributed by atoms with Crippen LogP contribution in [0, 0.1) is 0 Å². The highest BCUT2D eigenvalue weighted by Gasteiger charge is 2.13. The van der Waals surface area contributed by atoms with Crippen LogP contribution in [0.4, 0.5) is 0 Å². The number of amides is 1. The van der Waals surface area contributed by atoms with Crippen LogP contribution >= 0.6 is 23.4 Å². The maximum absolute atomic E-state index is 12.0. The summed E-state index contributed by atoms with van der Waals surface area (Å²) in [6.07, 6.45) is 0. The van der Waals surface area contributed by atoms with Crippen molar-refractivity contribution in [3.05, 3.63) is 70.2 Å². The lowest BCUT2D eigenvalue weighted by atomic mass is 9.86. The zero-order valence-electron chi connectivity index (χ0n) is 15.7. The smallest absolute Gasteiger partial charge is 0.250 e. The van der Waals surface area contributed by atoms with Crippen molar-refractivity contribution in [2.75, 3.05) is 5.75 Å². The fraction of sp³-hybridized carbons (Fsp3) is 0.333. The topological polar surface area (TPSA) is 41.5 Å². The molecule has 2 rings (SSSR count). The van der Waals surface area contributed by atoms with Gasteiger partial charge in [-0.2, -0.15) is 5.10 Å². The summed E-state index contributed by atoms with van der Waals surface area (Å²) in [7, 11) is 0.